The fourth-order valence-corrected chi connectivity index (χ4v) is 4.54. The van der Waals surface area contributed by atoms with Crippen LogP contribution in [0.2, 0.25) is 0 Å². The number of amides is 1. The number of tetrazole rings is 1. The summed E-state index contributed by atoms with van der Waals surface area (Å²) in [5.74, 6) is 0.720. The van der Waals surface area contributed by atoms with Gasteiger partial charge in [-0.2, -0.15) is 4.68 Å². The number of nitrogens with zero attached hydrogens (tertiary/aromatic N) is 6. The van der Waals surface area contributed by atoms with Crippen LogP contribution in [0.4, 0.5) is 5.95 Å². The molecule has 32 heavy (non-hydrogen) atoms. The average molecular weight is 429 g/mol. The topological polar surface area (TPSA) is 67.2 Å². The summed E-state index contributed by atoms with van der Waals surface area (Å²) >= 11 is 0. The molecule has 2 aliphatic rings. The minimum absolute atomic E-state index is 0.123. The number of carbonyl (C=O) groups is 1. The lowest BCUT2D eigenvalue weighted by Gasteiger charge is -2.34. The van der Waals surface area contributed by atoms with E-state index in [2.05, 4.69) is 64.9 Å². The molecule has 0 N–H and O–H groups in total. The molecule has 3 heterocycles. The van der Waals surface area contributed by atoms with Gasteiger partial charge in [0.15, 0.2) is 0 Å². The number of allylic oxidation sites excluding steroid dienone is 1. The Bertz CT molecular complexity index is 1100. The maximum absolute atomic E-state index is 13.3. The molecular weight excluding hydrogens is 400 g/mol. The second-order valence-corrected chi connectivity index (χ2v) is 8.58. The maximum Gasteiger partial charge on any atom is 0.251 e. The van der Waals surface area contributed by atoms with Gasteiger partial charge in [-0.05, 0) is 47.4 Å². The van der Waals surface area contributed by atoms with E-state index in [0.29, 0.717) is 5.95 Å². The monoisotopic (exact) mass is 428 g/mol. The van der Waals surface area contributed by atoms with Crippen LogP contribution in [0.3, 0.4) is 0 Å². The van der Waals surface area contributed by atoms with Crippen LogP contribution in [0.25, 0.3) is 5.70 Å². The highest BCUT2D eigenvalue weighted by atomic mass is 16.2. The van der Waals surface area contributed by atoms with Gasteiger partial charge in [0, 0.05) is 13.1 Å². The van der Waals surface area contributed by atoms with Crippen LogP contribution in [0.1, 0.15) is 48.4 Å². The molecule has 0 saturated carbocycles. The normalized spacial score (nSPS) is 18.7. The Morgan fingerprint density at radius 1 is 0.969 bits per heavy atom. The summed E-state index contributed by atoms with van der Waals surface area (Å²) in [6.45, 7) is 3.95. The molecule has 164 valence electrons. The molecule has 7 heteroatoms. The zero-order valence-corrected chi connectivity index (χ0v) is 18.4. The predicted molar refractivity (Wildman–Crippen MR) is 124 cm³/mol. The van der Waals surface area contributed by atoms with Gasteiger partial charge in [-0.15, -0.1) is 0 Å². The van der Waals surface area contributed by atoms with Crippen LogP contribution in [-0.2, 0) is 4.79 Å². The van der Waals surface area contributed by atoms with E-state index in [1.807, 2.05) is 32.7 Å². The fraction of sp³-hybridized carbons (Fsp3) is 0.360. The number of hydrogen-bond acceptors (Lipinski definition) is 5. The van der Waals surface area contributed by atoms with Crippen molar-refractivity contribution in [3.8, 4) is 0 Å². The average Bonchev–Trinajstić information content (AvgIpc) is 3.15. The number of aryl methyl sites for hydroxylation is 1. The van der Waals surface area contributed by atoms with Crippen molar-refractivity contribution < 1.29 is 4.79 Å². The number of hydrogen-bond donors (Lipinski definition) is 0. The summed E-state index contributed by atoms with van der Waals surface area (Å²) in [6, 6.07) is 18.5. The first-order valence-electron chi connectivity index (χ1n) is 11.4. The highest BCUT2D eigenvalue weighted by Gasteiger charge is 2.32. The molecule has 2 aromatic carbocycles. The number of aromatic nitrogens is 4. The number of likely N-dealkylation sites (tertiary alicyclic amines) is 1. The molecular formula is C25H28N6O. The zero-order valence-electron chi connectivity index (χ0n) is 18.4. The highest BCUT2D eigenvalue weighted by molar-refractivity contribution is 5.89. The summed E-state index contributed by atoms with van der Waals surface area (Å²) in [6.07, 6.45) is 6.69. The van der Waals surface area contributed by atoms with Gasteiger partial charge in [0.2, 0.25) is 5.91 Å². The summed E-state index contributed by atoms with van der Waals surface area (Å²) in [4.78, 5) is 17.3. The molecule has 3 aromatic rings. The minimum atomic E-state index is -0.137. The van der Waals surface area contributed by atoms with Gasteiger partial charge < -0.3 is 4.90 Å². The Balaban J connectivity index is 1.54. The number of fused-ring (bicyclic) bond motifs is 1. The number of rotatable bonds is 4. The molecule has 1 amide bonds. The second kappa shape index (κ2) is 8.94. The summed E-state index contributed by atoms with van der Waals surface area (Å²) in [5.41, 5.74) is 4.31. The third kappa shape index (κ3) is 4.02. The lowest BCUT2D eigenvalue weighted by atomic mass is 10.00. The molecule has 1 fully saturated rings. The smallest absolute Gasteiger partial charge is 0.251 e. The van der Waals surface area contributed by atoms with Crippen LogP contribution >= 0.6 is 0 Å². The van der Waals surface area contributed by atoms with E-state index in [9.17, 15) is 4.79 Å². The fourth-order valence-electron chi connectivity index (χ4n) is 4.54. The van der Waals surface area contributed by atoms with E-state index in [0.717, 1.165) is 42.8 Å². The van der Waals surface area contributed by atoms with Gasteiger partial charge in [0.25, 0.3) is 5.95 Å². The second-order valence-electron chi connectivity index (χ2n) is 8.58. The van der Waals surface area contributed by atoms with Gasteiger partial charge in [-0.3, -0.25) is 9.69 Å². The minimum Gasteiger partial charge on any atom is -0.341 e. The van der Waals surface area contributed by atoms with Crippen molar-refractivity contribution in [2.75, 3.05) is 24.5 Å². The largest absolute Gasteiger partial charge is 0.341 e. The van der Waals surface area contributed by atoms with E-state index in [4.69, 9.17) is 0 Å². The van der Waals surface area contributed by atoms with E-state index in [-0.39, 0.29) is 18.5 Å². The third-order valence-corrected chi connectivity index (χ3v) is 6.33. The number of benzene rings is 2. The number of anilines is 1. The van der Waals surface area contributed by atoms with E-state index < -0.39 is 0 Å². The molecule has 1 saturated heterocycles. The standard InChI is InChI=1S/C25H28N6O/c1-19-11-13-21(14-12-19)22-17-23(20-9-5-4-6-10-20)31-25(26-27-28-31)30(22)18-24(32)29-15-7-2-3-8-16-29/h4-6,9-14,17,23H,2-3,7-8,15-16,18H2,1H3. The van der Waals surface area contributed by atoms with Crippen molar-refractivity contribution in [3.63, 3.8) is 0 Å². The van der Waals surface area contributed by atoms with Crippen molar-refractivity contribution in [1.29, 1.82) is 0 Å². The lowest BCUT2D eigenvalue weighted by Crippen LogP contribution is -2.42. The molecule has 1 atom stereocenters. The predicted octanol–water partition coefficient (Wildman–Crippen LogP) is 3.83. The van der Waals surface area contributed by atoms with Gasteiger partial charge in [0.05, 0.1) is 5.70 Å². The van der Waals surface area contributed by atoms with Crippen molar-refractivity contribution in [3.05, 3.63) is 77.4 Å². The first-order chi connectivity index (χ1) is 15.7. The quantitative estimate of drug-likeness (QED) is 0.632. The molecule has 0 aliphatic carbocycles. The molecule has 1 aromatic heterocycles. The summed E-state index contributed by atoms with van der Waals surface area (Å²) in [5, 5.41) is 12.6. The first-order valence-corrected chi connectivity index (χ1v) is 11.4. The van der Waals surface area contributed by atoms with Gasteiger partial charge in [0.1, 0.15) is 12.6 Å². The Labute approximate surface area is 188 Å². The van der Waals surface area contributed by atoms with Gasteiger partial charge in [-0.25, -0.2) is 0 Å². The van der Waals surface area contributed by atoms with Gasteiger partial charge >= 0.3 is 0 Å². The van der Waals surface area contributed by atoms with E-state index >= 15 is 0 Å². The lowest BCUT2D eigenvalue weighted by molar-refractivity contribution is -0.129. The van der Waals surface area contributed by atoms with Crippen molar-refractivity contribution in [2.24, 2.45) is 0 Å². The van der Waals surface area contributed by atoms with Crippen LogP contribution in [0.5, 0.6) is 0 Å². The molecule has 5 rings (SSSR count). The third-order valence-electron chi connectivity index (χ3n) is 6.33. The highest BCUT2D eigenvalue weighted by Crippen LogP contribution is 2.36. The maximum atomic E-state index is 13.3. The molecule has 0 bridgehead atoms. The Morgan fingerprint density at radius 3 is 2.41 bits per heavy atom. The van der Waals surface area contributed by atoms with E-state index in [1.165, 1.54) is 18.4 Å². The first kappa shape index (κ1) is 20.4. The SMILES string of the molecule is Cc1ccc(C2=CC(c3ccccc3)n3nnnc3N2CC(=O)N2CCCCCC2)cc1. The van der Waals surface area contributed by atoms with Crippen LogP contribution in [0.15, 0.2) is 60.7 Å². The van der Waals surface area contributed by atoms with Crippen molar-refractivity contribution in [1.82, 2.24) is 25.1 Å². The van der Waals surface area contributed by atoms with E-state index in [1.54, 1.807) is 0 Å². The van der Waals surface area contributed by atoms with Crippen molar-refractivity contribution in [2.45, 2.75) is 38.6 Å². The molecule has 7 nitrogen and oxygen atoms in total. The summed E-state index contributed by atoms with van der Waals surface area (Å²) < 4.78 is 1.81. The zero-order chi connectivity index (χ0) is 21.9. The van der Waals surface area contributed by atoms with Crippen molar-refractivity contribution >= 4 is 17.6 Å². The molecule has 1 unspecified atom stereocenters. The Hall–Kier alpha value is -3.48. The molecule has 2 aliphatic heterocycles. The van der Waals surface area contributed by atoms with Gasteiger partial charge in [-0.1, -0.05) is 78.1 Å². The molecule has 0 radical (unpaired) electrons. The number of carbonyl (C=O) groups excluding carboxylic acids is 1. The Kier molecular flexibility index (Phi) is 5.71. The van der Waals surface area contributed by atoms with Crippen LogP contribution in [-0.4, -0.2) is 50.6 Å². The van der Waals surface area contributed by atoms with Crippen LogP contribution in [0, 0.1) is 6.92 Å². The Morgan fingerprint density at radius 2 is 1.69 bits per heavy atom. The summed E-state index contributed by atoms with van der Waals surface area (Å²) in [7, 11) is 0. The molecule has 0 spiro atoms. The van der Waals surface area contributed by atoms with Crippen LogP contribution < -0.4 is 4.90 Å².